The molecule has 0 aliphatic carbocycles. The van der Waals surface area contributed by atoms with Crippen LogP contribution in [0.25, 0.3) is 23.3 Å². The Balaban J connectivity index is 2.62. The van der Waals surface area contributed by atoms with E-state index in [0.717, 1.165) is 11.1 Å². The van der Waals surface area contributed by atoms with Gasteiger partial charge in [-0.3, -0.25) is 0 Å². The summed E-state index contributed by atoms with van der Waals surface area (Å²) in [5.41, 5.74) is 3.45. The van der Waals surface area contributed by atoms with Gasteiger partial charge in [-0.15, -0.1) is 0 Å². The topological polar surface area (TPSA) is 82.1 Å². The molecule has 6 nitrogen and oxygen atoms in total. The highest BCUT2D eigenvalue weighted by Gasteiger charge is 2.12. The Hall–Kier alpha value is -3.38. The van der Waals surface area contributed by atoms with E-state index in [9.17, 15) is 14.7 Å². The second kappa shape index (κ2) is 11.6. The molecule has 30 heavy (non-hydrogen) atoms. The third kappa shape index (κ3) is 6.06. The molecule has 2 rings (SSSR count). The zero-order chi connectivity index (χ0) is 21.9. The van der Waals surface area contributed by atoms with Gasteiger partial charge in [0, 0.05) is 17.7 Å². The quantitative estimate of drug-likeness (QED) is 0.497. The molecular weight excluding hydrogens is 384 g/mol. The van der Waals surface area contributed by atoms with Gasteiger partial charge in [0.15, 0.2) is 0 Å². The molecule has 0 heterocycles. The lowest BCUT2D eigenvalue weighted by Gasteiger charge is -2.14. The molecule has 0 saturated carbocycles. The van der Waals surface area contributed by atoms with Crippen molar-refractivity contribution in [3.05, 3.63) is 65.2 Å². The van der Waals surface area contributed by atoms with Crippen molar-refractivity contribution in [2.45, 2.75) is 20.5 Å². The molecule has 0 atom stereocenters. The Morgan fingerprint density at radius 2 is 1.47 bits per heavy atom. The van der Waals surface area contributed by atoms with Gasteiger partial charge in [0.05, 0.1) is 26.9 Å². The second-order valence-corrected chi connectivity index (χ2v) is 6.16. The largest absolute Gasteiger partial charge is 0.496 e. The molecule has 1 N–H and O–H groups in total. The van der Waals surface area contributed by atoms with E-state index in [4.69, 9.17) is 14.2 Å². The number of hydrogen-bond acceptors (Lipinski definition) is 6. The van der Waals surface area contributed by atoms with E-state index in [-0.39, 0.29) is 19.8 Å². The standard InChI is InChI=1S/C24H26O6/c1-4-29-23(26)12-10-17-14-19(20-8-6-7-9-22(20)28-3)15-18(21(17)16-25)11-13-24(27)30-5-2/h6-15,25H,4-5,16H2,1-3H3. The van der Waals surface area contributed by atoms with Gasteiger partial charge in [-0.2, -0.15) is 0 Å². The predicted molar refractivity (Wildman–Crippen MR) is 116 cm³/mol. The van der Waals surface area contributed by atoms with E-state index >= 15 is 0 Å². The Labute approximate surface area is 176 Å². The van der Waals surface area contributed by atoms with Crippen molar-refractivity contribution in [3.8, 4) is 16.9 Å². The van der Waals surface area contributed by atoms with Gasteiger partial charge < -0.3 is 19.3 Å². The molecule has 6 heteroatoms. The van der Waals surface area contributed by atoms with Crippen LogP contribution in [0.5, 0.6) is 5.75 Å². The van der Waals surface area contributed by atoms with Crippen molar-refractivity contribution in [2.75, 3.05) is 20.3 Å². The first-order valence-corrected chi connectivity index (χ1v) is 9.64. The summed E-state index contributed by atoms with van der Waals surface area (Å²) in [6.45, 7) is 3.71. The molecule has 0 amide bonds. The molecule has 2 aromatic rings. The summed E-state index contributed by atoms with van der Waals surface area (Å²) >= 11 is 0. The molecule has 0 aromatic heterocycles. The van der Waals surface area contributed by atoms with Crippen molar-refractivity contribution >= 4 is 24.1 Å². The van der Waals surface area contributed by atoms with Gasteiger partial charge in [0.2, 0.25) is 0 Å². The van der Waals surface area contributed by atoms with Gasteiger partial charge in [-0.1, -0.05) is 18.2 Å². The second-order valence-electron chi connectivity index (χ2n) is 6.16. The number of ether oxygens (including phenoxy) is 3. The average Bonchev–Trinajstić information content (AvgIpc) is 2.76. The van der Waals surface area contributed by atoms with Crippen LogP contribution >= 0.6 is 0 Å². The Bertz CT molecular complexity index is 893. The SMILES string of the molecule is CCOC(=O)C=Cc1cc(-c2ccccc2OC)cc(C=CC(=O)OCC)c1CO. The van der Waals surface area contributed by atoms with E-state index in [2.05, 4.69) is 0 Å². The monoisotopic (exact) mass is 410 g/mol. The molecule has 0 aliphatic heterocycles. The molecule has 0 aliphatic rings. The number of carbonyl (C=O) groups is 2. The molecule has 0 spiro atoms. The van der Waals surface area contributed by atoms with E-state index in [1.165, 1.54) is 12.2 Å². The van der Waals surface area contributed by atoms with Crippen molar-refractivity contribution < 1.29 is 28.9 Å². The molecule has 0 unspecified atom stereocenters. The zero-order valence-electron chi connectivity index (χ0n) is 17.4. The van der Waals surface area contributed by atoms with Gasteiger partial charge in [0.25, 0.3) is 0 Å². The number of rotatable bonds is 9. The first-order chi connectivity index (χ1) is 14.5. The Kier molecular flexibility index (Phi) is 8.84. The number of methoxy groups -OCH3 is 1. The highest BCUT2D eigenvalue weighted by atomic mass is 16.5. The number of aliphatic hydroxyl groups is 1. The lowest BCUT2D eigenvalue weighted by atomic mass is 9.93. The number of carbonyl (C=O) groups excluding carboxylic acids is 2. The van der Waals surface area contributed by atoms with Gasteiger partial charge >= 0.3 is 11.9 Å². The minimum absolute atomic E-state index is 0.269. The maximum Gasteiger partial charge on any atom is 0.330 e. The minimum atomic E-state index is -0.479. The van der Waals surface area contributed by atoms with Crippen LogP contribution in [0.3, 0.4) is 0 Å². The average molecular weight is 410 g/mol. The fourth-order valence-electron chi connectivity index (χ4n) is 2.93. The molecule has 2 aromatic carbocycles. The van der Waals surface area contributed by atoms with Crippen LogP contribution in [-0.4, -0.2) is 37.4 Å². The fraction of sp³-hybridized carbons (Fsp3) is 0.250. The first-order valence-electron chi connectivity index (χ1n) is 9.64. The molecule has 0 bridgehead atoms. The maximum absolute atomic E-state index is 11.8. The fourth-order valence-corrected chi connectivity index (χ4v) is 2.93. The van der Waals surface area contributed by atoms with Gasteiger partial charge in [-0.05, 0) is 66.5 Å². The molecule has 0 fully saturated rings. The van der Waals surface area contributed by atoms with E-state index in [1.54, 1.807) is 33.1 Å². The lowest BCUT2D eigenvalue weighted by molar-refractivity contribution is -0.138. The van der Waals surface area contributed by atoms with Crippen LogP contribution in [-0.2, 0) is 25.7 Å². The van der Waals surface area contributed by atoms with Crippen molar-refractivity contribution in [3.63, 3.8) is 0 Å². The highest BCUT2D eigenvalue weighted by molar-refractivity contribution is 5.90. The van der Waals surface area contributed by atoms with Crippen LogP contribution in [0.1, 0.15) is 30.5 Å². The third-order valence-corrected chi connectivity index (χ3v) is 4.27. The van der Waals surface area contributed by atoms with E-state index in [1.807, 2.05) is 36.4 Å². The number of aliphatic hydroxyl groups excluding tert-OH is 1. The Morgan fingerprint density at radius 3 is 1.93 bits per heavy atom. The first kappa shape index (κ1) is 22.9. The summed E-state index contributed by atoms with van der Waals surface area (Å²) in [5, 5.41) is 9.97. The van der Waals surface area contributed by atoms with Crippen LogP contribution in [0, 0.1) is 0 Å². The van der Waals surface area contributed by atoms with Gasteiger partial charge in [-0.25, -0.2) is 9.59 Å². The predicted octanol–water partition coefficient (Wildman–Crippen LogP) is 4.01. The number of benzene rings is 2. The smallest absolute Gasteiger partial charge is 0.330 e. The molecular formula is C24H26O6. The Morgan fingerprint density at radius 1 is 0.933 bits per heavy atom. The minimum Gasteiger partial charge on any atom is -0.496 e. The summed E-state index contributed by atoms with van der Waals surface area (Å²) in [6.07, 6.45) is 5.79. The number of hydrogen-bond donors (Lipinski definition) is 1. The van der Waals surface area contributed by atoms with E-state index in [0.29, 0.717) is 22.4 Å². The van der Waals surface area contributed by atoms with Crippen molar-refractivity contribution in [1.29, 1.82) is 0 Å². The van der Waals surface area contributed by atoms with Crippen LogP contribution in [0.4, 0.5) is 0 Å². The summed E-state index contributed by atoms with van der Waals surface area (Å²) in [4.78, 5) is 23.6. The maximum atomic E-state index is 11.8. The summed E-state index contributed by atoms with van der Waals surface area (Å²) in [6, 6.07) is 11.2. The van der Waals surface area contributed by atoms with Crippen LogP contribution < -0.4 is 4.74 Å². The molecule has 158 valence electrons. The number of para-hydroxylation sites is 1. The molecule has 0 saturated heterocycles. The van der Waals surface area contributed by atoms with Crippen molar-refractivity contribution in [2.24, 2.45) is 0 Å². The lowest BCUT2D eigenvalue weighted by Crippen LogP contribution is -2.01. The summed E-state index contributed by atoms with van der Waals surface area (Å²) < 4.78 is 15.3. The third-order valence-electron chi connectivity index (χ3n) is 4.27. The van der Waals surface area contributed by atoms with Crippen LogP contribution in [0.2, 0.25) is 0 Å². The van der Waals surface area contributed by atoms with E-state index < -0.39 is 11.9 Å². The van der Waals surface area contributed by atoms with Crippen LogP contribution in [0.15, 0.2) is 48.6 Å². The highest BCUT2D eigenvalue weighted by Crippen LogP contribution is 2.33. The summed E-state index contributed by atoms with van der Waals surface area (Å²) in [7, 11) is 1.59. The van der Waals surface area contributed by atoms with Gasteiger partial charge in [0.1, 0.15) is 5.75 Å². The summed E-state index contributed by atoms with van der Waals surface area (Å²) in [5.74, 6) is -0.282. The number of esters is 2. The molecule has 0 radical (unpaired) electrons. The zero-order valence-corrected chi connectivity index (χ0v) is 17.4. The normalized spacial score (nSPS) is 11.1. The van der Waals surface area contributed by atoms with Crippen molar-refractivity contribution in [1.82, 2.24) is 0 Å².